The average molecular weight is 920 g/mol. The number of hydrogen-bond acceptors (Lipinski definition) is 1. The lowest BCUT2D eigenvalue weighted by Crippen LogP contribution is -2.07. The summed E-state index contributed by atoms with van der Waals surface area (Å²) in [5.74, 6) is 1.04. The number of allylic oxidation sites excluding steroid dienone is 1. The predicted molar refractivity (Wildman–Crippen MR) is 301 cm³/mol. The molecule has 0 bridgehead atoms. The highest BCUT2D eigenvalue weighted by molar-refractivity contribution is 6.23. The quantitative estimate of drug-likeness (QED) is 0.157. The number of aromatic nitrogens is 3. The van der Waals surface area contributed by atoms with Crippen LogP contribution in [0.3, 0.4) is 0 Å². The number of benzene rings is 10. The minimum absolute atomic E-state index is 0.796. The first-order valence-electron chi connectivity index (χ1n) is 24.9. The molecule has 0 saturated heterocycles. The van der Waals surface area contributed by atoms with E-state index in [1.54, 1.807) is 0 Å². The normalized spacial score (nSPS) is 12.7. The van der Waals surface area contributed by atoms with Gasteiger partial charge in [0, 0.05) is 61.4 Å². The molecule has 4 heteroatoms. The van der Waals surface area contributed by atoms with Crippen LogP contribution in [0, 0.1) is 0 Å². The summed E-state index contributed by atoms with van der Waals surface area (Å²) in [6, 6.07) is 88.4. The van der Waals surface area contributed by atoms with Gasteiger partial charge in [-0.2, -0.15) is 0 Å². The van der Waals surface area contributed by atoms with Crippen molar-refractivity contribution in [3.05, 3.63) is 254 Å². The molecule has 4 aromatic heterocycles. The molecular weight excluding hydrogens is 875 g/mol. The van der Waals surface area contributed by atoms with Gasteiger partial charge in [-0.3, -0.25) is 9.13 Å². The minimum atomic E-state index is 0.796. The zero-order valence-corrected chi connectivity index (χ0v) is 39.3. The zero-order valence-electron chi connectivity index (χ0n) is 39.3. The number of furan rings is 1. The molecule has 4 nitrogen and oxygen atoms in total. The fraction of sp³-hybridized carbons (Fsp3) is 0.0294. The van der Waals surface area contributed by atoms with Crippen LogP contribution in [0.2, 0.25) is 0 Å². The van der Waals surface area contributed by atoms with Crippen LogP contribution < -0.4 is 0 Å². The maximum Gasteiger partial charge on any atom is 0.134 e. The Morgan fingerprint density at radius 3 is 1.43 bits per heavy atom. The summed E-state index contributed by atoms with van der Waals surface area (Å²) in [5, 5.41) is 7.38. The third kappa shape index (κ3) is 6.32. The molecule has 0 saturated carbocycles. The number of para-hydroxylation sites is 4. The van der Waals surface area contributed by atoms with Crippen LogP contribution in [0.5, 0.6) is 0 Å². The van der Waals surface area contributed by atoms with E-state index in [-0.39, 0.29) is 0 Å². The van der Waals surface area contributed by atoms with Crippen molar-refractivity contribution in [2.24, 2.45) is 0 Å². The van der Waals surface area contributed by atoms with Gasteiger partial charge in [0.15, 0.2) is 0 Å². The summed E-state index contributed by atoms with van der Waals surface area (Å²) < 4.78 is 14.2. The van der Waals surface area contributed by atoms with Gasteiger partial charge < -0.3 is 8.98 Å². The number of hydrogen-bond donors (Lipinski definition) is 0. The average Bonchev–Trinajstić information content (AvgIpc) is 4.19. The Bertz CT molecular complexity index is 4450. The van der Waals surface area contributed by atoms with Crippen LogP contribution in [-0.4, -0.2) is 13.7 Å². The van der Waals surface area contributed by atoms with E-state index in [1.165, 1.54) is 99.3 Å². The van der Waals surface area contributed by atoms with E-state index >= 15 is 0 Å². The first kappa shape index (κ1) is 40.5. The second kappa shape index (κ2) is 16.1. The maximum atomic E-state index is 6.74. The Morgan fingerprint density at radius 2 is 0.806 bits per heavy atom. The van der Waals surface area contributed by atoms with Gasteiger partial charge in [-0.1, -0.05) is 170 Å². The third-order valence-electron chi connectivity index (χ3n) is 15.1. The molecule has 4 heterocycles. The standard InChI is InChI=1S/C68H45N3O/c1-3-16-44(17-4-1)45-18-13-19-46(38-45)47-20-14-21-48(39-47)49-22-15-23-50(40-49)51-32-36-65-59(41-51)60-42-53(34-37-66(60)72-65)71-64-43-54(69-61-29-10-7-26-55(61)56-27-8-11-30-62(56)69)33-35-58(64)67-57-28-9-12-31-63(57)70(68(67)71)52-24-5-2-6-25-52/h1-33,35-36,38-43H,34,37H2. The second-order valence-corrected chi connectivity index (χ2v) is 19.2. The topological polar surface area (TPSA) is 27.9 Å². The van der Waals surface area contributed by atoms with Gasteiger partial charge >= 0.3 is 0 Å². The van der Waals surface area contributed by atoms with Crippen LogP contribution in [0.1, 0.15) is 17.7 Å². The van der Waals surface area contributed by atoms with Gasteiger partial charge in [-0.25, -0.2) is 0 Å². The number of aryl methyl sites for hydroxylation is 1. The molecule has 0 radical (unpaired) electrons. The molecule has 0 fully saturated rings. The van der Waals surface area contributed by atoms with Crippen molar-refractivity contribution in [3.8, 4) is 55.9 Å². The smallest absolute Gasteiger partial charge is 0.134 e. The van der Waals surface area contributed by atoms with Crippen LogP contribution in [0.15, 0.2) is 247 Å². The van der Waals surface area contributed by atoms with Crippen molar-refractivity contribution < 1.29 is 4.42 Å². The molecule has 338 valence electrons. The van der Waals surface area contributed by atoms with E-state index in [0.717, 1.165) is 52.1 Å². The summed E-state index contributed by atoms with van der Waals surface area (Å²) in [7, 11) is 0. The summed E-state index contributed by atoms with van der Waals surface area (Å²) in [6.07, 6.45) is 4.04. The van der Waals surface area contributed by atoms with E-state index < -0.39 is 0 Å². The predicted octanol–water partition coefficient (Wildman–Crippen LogP) is 18.2. The number of fused-ring (bicyclic) bond motifs is 11. The van der Waals surface area contributed by atoms with Crippen molar-refractivity contribution in [3.63, 3.8) is 0 Å². The second-order valence-electron chi connectivity index (χ2n) is 19.2. The summed E-state index contributed by atoms with van der Waals surface area (Å²) in [5.41, 5.74) is 21.1. The van der Waals surface area contributed by atoms with Crippen LogP contribution >= 0.6 is 0 Å². The highest BCUT2D eigenvalue weighted by atomic mass is 16.3. The molecule has 0 amide bonds. The first-order valence-corrected chi connectivity index (χ1v) is 24.9. The lowest BCUT2D eigenvalue weighted by Gasteiger charge is -2.19. The van der Waals surface area contributed by atoms with E-state index in [9.17, 15) is 0 Å². The van der Waals surface area contributed by atoms with E-state index in [2.05, 4.69) is 262 Å². The Hall–Kier alpha value is -9.38. The molecule has 0 spiro atoms. The van der Waals surface area contributed by atoms with Crippen molar-refractivity contribution in [2.45, 2.75) is 12.8 Å². The lowest BCUT2D eigenvalue weighted by atomic mass is 9.94. The monoisotopic (exact) mass is 919 g/mol. The highest BCUT2D eigenvalue weighted by Gasteiger charge is 2.27. The van der Waals surface area contributed by atoms with Crippen molar-refractivity contribution >= 4 is 77.4 Å². The Morgan fingerprint density at radius 1 is 0.306 bits per heavy atom. The SMILES string of the molecule is C1=C(n2c3cc(-n4c5ccccc5c5ccccc54)ccc3c3c4ccccc4n(-c4ccccc4)c32)CCc2oc3ccc(-c4cccc(-c5cccc(-c6cccc(-c7ccccc7)c6)c5)c4)cc3c21. The first-order chi connectivity index (χ1) is 35.7. The molecule has 0 N–H and O–H groups in total. The molecule has 1 aliphatic rings. The molecule has 0 aliphatic heterocycles. The summed E-state index contributed by atoms with van der Waals surface area (Å²) >= 11 is 0. The molecule has 72 heavy (non-hydrogen) atoms. The molecule has 15 rings (SSSR count). The molecule has 1 aliphatic carbocycles. The minimum Gasteiger partial charge on any atom is -0.460 e. The Kier molecular flexibility index (Phi) is 9.05. The fourth-order valence-corrected chi connectivity index (χ4v) is 11.8. The number of rotatable bonds is 7. The van der Waals surface area contributed by atoms with E-state index in [4.69, 9.17) is 4.42 Å². The van der Waals surface area contributed by atoms with E-state index in [1.807, 2.05) is 0 Å². The largest absolute Gasteiger partial charge is 0.460 e. The van der Waals surface area contributed by atoms with E-state index in [0.29, 0.717) is 0 Å². The van der Waals surface area contributed by atoms with Gasteiger partial charge in [0.25, 0.3) is 0 Å². The van der Waals surface area contributed by atoms with Crippen molar-refractivity contribution in [1.82, 2.24) is 13.7 Å². The fourth-order valence-electron chi connectivity index (χ4n) is 11.8. The highest BCUT2D eigenvalue weighted by Crippen LogP contribution is 2.45. The zero-order chi connectivity index (χ0) is 47.3. The summed E-state index contributed by atoms with van der Waals surface area (Å²) in [6.45, 7) is 0. The summed E-state index contributed by atoms with van der Waals surface area (Å²) in [4.78, 5) is 0. The molecular formula is C68H45N3O. The van der Waals surface area contributed by atoms with Crippen molar-refractivity contribution in [2.75, 3.05) is 0 Å². The van der Waals surface area contributed by atoms with Crippen molar-refractivity contribution in [1.29, 1.82) is 0 Å². The van der Waals surface area contributed by atoms with Gasteiger partial charge in [0.1, 0.15) is 17.0 Å². The van der Waals surface area contributed by atoms with Gasteiger partial charge in [-0.15, -0.1) is 0 Å². The van der Waals surface area contributed by atoms with Gasteiger partial charge in [-0.05, 0) is 130 Å². The van der Waals surface area contributed by atoms with Gasteiger partial charge in [0.05, 0.1) is 22.1 Å². The van der Waals surface area contributed by atoms with Crippen LogP contribution in [0.4, 0.5) is 0 Å². The lowest BCUT2D eigenvalue weighted by molar-refractivity contribution is 0.546. The molecule has 10 aromatic carbocycles. The Balaban J connectivity index is 0.884. The Labute approximate surface area is 416 Å². The van der Waals surface area contributed by atoms with Crippen LogP contribution in [0.25, 0.3) is 133 Å². The van der Waals surface area contributed by atoms with Gasteiger partial charge in [0.2, 0.25) is 0 Å². The molecule has 0 unspecified atom stereocenters. The third-order valence-corrected chi connectivity index (χ3v) is 15.1. The maximum absolute atomic E-state index is 6.74. The number of nitrogens with zero attached hydrogens (tertiary/aromatic N) is 3. The molecule has 0 atom stereocenters. The van der Waals surface area contributed by atoms with Crippen LogP contribution in [-0.2, 0) is 6.42 Å². The molecule has 14 aromatic rings.